The highest BCUT2D eigenvalue weighted by molar-refractivity contribution is 14.0. The van der Waals surface area contributed by atoms with Gasteiger partial charge in [0.2, 0.25) is 5.91 Å². The molecule has 0 bridgehead atoms. The van der Waals surface area contributed by atoms with Gasteiger partial charge in [-0.05, 0) is 37.3 Å². The standard InChI is InChI=1S/C20H31FN4O.HI/c1-4-23-19(25-11-7-8-15(13-25)12-18(22)26)24-14-20(2,3)16-9-5-6-10-17(16)21;/h5-6,9-10,15H,4,7-8,11-14H2,1-3H3,(H2,22,26)(H,23,24);1H. The topological polar surface area (TPSA) is 70.7 Å². The number of nitrogens with two attached hydrogens (primary N) is 1. The Kier molecular flexibility index (Phi) is 9.49. The van der Waals surface area contributed by atoms with Crippen molar-refractivity contribution in [3.63, 3.8) is 0 Å². The molecule has 0 spiro atoms. The maximum atomic E-state index is 14.2. The van der Waals surface area contributed by atoms with E-state index in [9.17, 15) is 9.18 Å². The number of nitrogens with one attached hydrogen (secondary N) is 1. The first kappa shape index (κ1) is 23.7. The first-order valence-corrected chi connectivity index (χ1v) is 9.40. The van der Waals surface area contributed by atoms with Crippen LogP contribution in [0.1, 0.15) is 45.6 Å². The van der Waals surface area contributed by atoms with Crippen LogP contribution in [0.15, 0.2) is 29.3 Å². The maximum Gasteiger partial charge on any atom is 0.217 e. The molecule has 1 aromatic carbocycles. The lowest BCUT2D eigenvalue weighted by Gasteiger charge is -2.35. The predicted octanol–water partition coefficient (Wildman–Crippen LogP) is 3.27. The summed E-state index contributed by atoms with van der Waals surface area (Å²) in [5, 5.41) is 3.33. The van der Waals surface area contributed by atoms with Crippen LogP contribution in [-0.2, 0) is 10.2 Å². The van der Waals surface area contributed by atoms with Gasteiger partial charge in [-0.15, -0.1) is 24.0 Å². The Balaban J connectivity index is 0.00000364. The molecular weight excluding hydrogens is 458 g/mol. The average Bonchev–Trinajstić information content (AvgIpc) is 2.58. The van der Waals surface area contributed by atoms with Crippen molar-refractivity contribution in [2.45, 2.75) is 45.4 Å². The van der Waals surface area contributed by atoms with Gasteiger partial charge in [0.1, 0.15) is 5.82 Å². The summed E-state index contributed by atoms with van der Waals surface area (Å²) in [4.78, 5) is 18.2. The van der Waals surface area contributed by atoms with Crippen LogP contribution in [0.5, 0.6) is 0 Å². The molecule has 3 N–H and O–H groups in total. The monoisotopic (exact) mass is 490 g/mol. The van der Waals surface area contributed by atoms with Gasteiger partial charge in [-0.2, -0.15) is 0 Å². The van der Waals surface area contributed by atoms with E-state index in [2.05, 4.69) is 10.2 Å². The van der Waals surface area contributed by atoms with Crippen LogP contribution >= 0.6 is 24.0 Å². The highest BCUT2D eigenvalue weighted by Crippen LogP contribution is 2.26. The van der Waals surface area contributed by atoms with E-state index in [1.807, 2.05) is 32.9 Å². The third kappa shape index (κ3) is 6.93. The minimum absolute atomic E-state index is 0. The molecule has 7 heteroatoms. The third-order valence-electron chi connectivity index (χ3n) is 4.87. The second-order valence-corrected chi connectivity index (χ2v) is 7.66. The Bertz CT molecular complexity index is 651. The fraction of sp³-hybridized carbons (Fsp3) is 0.600. The van der Waals surface area contributed by atoms with Crippen LogP contribution in [0.3, 0.4) is 0 Å². The minimum Gasteiger partial charge on any atom is -0.370 e. The lowest BCUT2D eigenvalue weighted by molar-refractivity contribution is -0.119. The molecule has 1 amide bonds. The Morgan fingerprint density at radius 3 is 2.74 bits per heavy atom. The summed E-state index contributed by atoms with van der Waals surface area (Å²) in [5.74, 6) is 0.646. The SMILES string of the molecule is CCNC(=NCC(C)(C)c1ccccc1F)N1CCCC(CC(N)=O)C1.I. The average molecular weight is 490 g/mol. The van der Waals surface area contributed by atoms with Crippen LogP contribution < -0.4 is 11.1 Å². The number of benzene rings is 1. The number of likely N-dealkylation sites (tertiary alicyclic amines) is 1. The van der Waals surface area contributed by atoms with Gasteiger partial charge in [0.05, 0.1) is 6.54 Å². The number of primary amides is 1. The zero-order valence-electron chi connectivity index (χ0n) is 16.5. The highest BCUT2D eigenvalue weighted by Gasteiger charge is 2.26. The molecule has 1 fully saturated rings. The molecular formula is C20H32FIN4O. The Hall–Kier alpha value is -1.38. The number of aliphatic imine (C=N–C) groups is 1. The van der Waals surface area contributed by atoms with Gasteiger partial charge in [-0.3, -0.25) is 9.79 Å². The molecule has 2 rings (SSSR count). The normalized spacial score (nSPS) is 18.0. The molecule has 1 aliphatic rings. The number of hydrogen-bond acceptors (Lipinski definition) is 2. The number of piperidine rings is 1. The Morgan fingerprint density at radius 1 is 1.41 bits per heavy atom. The van der Waals surface area contributed by atoms with Crippen molar-refractivity contribution in [2.75, 3.05) is 26.2 Å². The van der Waals surface area contributed by atoms with E-state index < -0.39 is 5.41 Å². The summed E-state index contributed by atoms with van der Waals surface area (Å²) >= 11 is 0. The van der Waals surface area contributed by atoms with E-state index in [1.54, 1.807) is 6.07 Å². The van der Waals surface area contributed by atoms with Crippen molar-refractivity contribution in [3.8, 4) is 0 Å². The number of rotatable bonds is 6. The zero-order chi connectivity index (χ0) is 19.2. The molecule has 0 saturated carbocycles. The summed E-state index contributed by atoms with van der Waals surface area (Å²) < 4.78 is 14.2. The molecule has 152 valence electrons. The van der Waals surface area contributed by atoms with Gasteiger partial charge >= 0.3 is 0 Å². The minimum atomic E-state index is -0.408. The highest BCUT2D eigenvalue weighted by atomic mass is 127. The van der Waals surface area contributed by atoms with Crippen LogP contribution in [0.2, 0.25) is 0 Å². The Morgan fingerprint density at radius 2 is 2.11 bits per heavy atom. The number of carbonyl (C=O) groups excluding carboxylic acids is 1. The molecule has 1 heterocycles. The number of nitrogens with zero attached hydrogens (tertiary/aromatic N) is 2. The fourth-order valence-corrected chi connectivity index (χ4v) is 3.50. The fourth-order valence-electron chi connectivity index (χ4n) is 3.50. The van der Waals surface area contributed by atoms with Crippen molar-refractivity contribution in [1.29, 1.82) is 0 Å². The van der Waals surface area contributed by atoms with Gasteiger partial charge in [0.25, 0.3) is 0 Å². The summed E-state index contributed by atoms with van der Waals surface area (Å²) in [6.45, 7) is 8.96. The number of halogens is 2. The largest absolute Gasteiger partial charge is 0.370 e. The number of carbonyl (C=O) groups is 1. The lowest BCUT2D eigenvalue weighted by Crippen LogP contribution is -2.47. The molecule has 27 heavy (non-hydrogen) atoms. The summed E-state index contributed by atoms with van der Waals surface area (Å²) in [6, 6.07) is 6.87. The van der Waals surface area contributed by atoms with Gasteiger partial charge in [0, 0.05) is 31.5 Å². The van der Waals surface area contributed by atoms with E-state index in [-0.39, 0.29) is 41.6 Å². The second-order valence-electron chi connectivity index (χ2n) is 7.66. The molecule has 1 aromatic rings. The van der Waals surface area contributed by atoms with Crippen LogP contribution in [0, 0.1) is 11.7 Å². The zero-order valence-corrected chi connectivity index (χ0v) is 18.8. The van der Waals surface area contributed by atoms with Crippen LogP contribution in [0.4, 0.5) is 4.39 Å². The smallest absolute Gasteiger partial charge is 0.217 e. The van der Waals surface area contributed by atoms with Crippen molar-refractivity contribution in [2.24, 2.45) is 16.6 Å². The molecule has 1 aliphatic heterocycles. The summed E-state index contributed by atoms with van der Waals surface area (Å²) in [6.07, 6.45) is 2.44. The van der Waals surface area contributed by atoms with Crippen LogP contribution in [0.25, 0.3) is 0 Å². The van der Waals surface area contributed by atoms with E-state index in [0.717, 1.165) is 38.4 Å². The number of guanidine groups is 1. The third-order valence-corrected chi connectivity index (χ3v) is 4.87. The van der Waals surface area contributed by atoms with Gasteiger partial charge in [-0.1, -0.05) is 32.0 Å². The molecule has 5 nitrogen and oxygen atoms in total. The van der Waals surface area contributed by atoms with Crippen molar-refractivity contribution < 1.29 is 9.18 Å². The number of hydrogen-bond donors (Lipinski definition) is 2. The second kappa shape index (κ2) is 10.8. The Labute approximate surface area is 179 Å². The van der Waals surface area contributed by atoms with Gasteiger partial charge < -0.3 is 16.0 Å². The van der Waals surface area contributed by atoms with E-state index >= 15 is 0 Å². The number of amides is 1. The lowest BCUT2D eigenvalue weighted by atomic mass is 9.84. The molecule has 0 aromatic heterocycles. The van der Waals surface area contributed by atoms with Crippen LogP contribution in [-0.4, -0.2) is 42.9 Å². The molecule has 0 aliphatic carbocycles. The molecule has 1 unspecified atom stereocenters. The van der Waals surface area contributed by atoms with Crippen molar-refractivity contribution in [1.82, 2.24) is 10.2 Å². The quantitative estimate of drug-likeness (QED) is 0.366. The maximum absolute atomic E-state index is 14.2. The molecule has 0 radical (unpaired) electrons. The van der Waals surface area contributed by atoms with Crippen molar-refractivity contribution >= 4 is 35.8 Å². The molecule has 1 saturated heterocycles. The summed E-state index contributed by atoms with van der Waals surface area (Å²) in [5.41, 5.74) is 5.62. The van der Waals surface area contributed by atoms with Gasteiger partial charge in [-0.25, -0.2) is 4.39 Å². The first-order valence-electron chi connectivity index (χ1n) is 9.40. The molecule has 1 atom stereocenters. The van der Waals surface area contributed by atoms with E-state index in [4.69, 9.17) is 10.7 Å². The first-order chi connectivity index (χ1) is 12.3. The van der Waals surface area contributed by atoms with E-state index in [1.165, 1.54) is 6.07 Å². The predicted molar refractivity (Wildman–Crippen MR) is 119 cm³/mol. The summed E-state index contributed by atoms with van der Waals surface area (Å²) in [7, 11) is 0. The van der Waals surface area contributed by atoms with Crippen molar-refractivity contribution in [3.05, 3.63) is 35.6 Å². The van der Waals surface area contributed by atoms with Gasteiger partial charge in [0.15, 0.2) is 5.96 Å². The van der Waals surface area contributed by atoms with E-state index in [0.29, 0.717) is 18.5 Å².